The Balaban J connectivity index is 1.96. The van der Waals surface area contributed by atoms with E-state index in [1.165, 1.54) is 16.7 Å². The molecule has 0 spiro atoms. The Kier molecular flexibility index (Phi) is 3.02. The molecule has 0 aliphatic rings. The van der Waals surface area contributed by atoms with Crippen LogP contribution in [0.1, 0.15) is 10.5 Å². The monoisotopic (exact) mass is 327 g/mol. The van der Waals surface area contributed by atoms with Gasteiger partial charge in [0, 0.05) is 10.8 Å². The van der Waals surface area contributed by atoms with Gasteiger partial charge < -0.3 is 5.11 Å². The largest absolute Gasteiger partial charge is 0.476 e. The zero-order valence-electron chi connectivity index (χ0n) is 11.1. The molecule has 0 unspecified atom stereocenters. The van der Waals surface area contributed by atoms with Gasteiger partial charge in [-0.25, -0.2) is 14.5 Å². The maximum Gasteiger partial charge on any atom is 0.355 e. The fraction of sp³-hybridized carbons (Fsp3) is 0. The number of rotatable bonds is 3. The minimum absolute atomic E-state index is 0.0391. The maximum absolute atomic E-state index is 11.0. The second-order valence-electron chi connectivity index (χ2n) is 4.58. The van der Waals surface area contributed by atoms with Crippen molar-refractivity contribution < 1.29 is 9.90 Å². The fourth-order valence-corrected chi connectivity index (χ4v) is 3.75. The van der Waals surface area contributed by atoms with E-state index in [1.54, 1.807) is 16.0 Å². The van der Waals surface area contributed by atoms with E-state index in [4.69, 9.17) is 5.11 Å². The number of thiophene rings is 1. The molecular formula is C15H9N3O2S2. The van der Waals surface area contributed by atoms with Crippen LogP contribution in [0.5, 0.6) is 0 Å². The van der Waals surface area contributed by atoms with Crippen LogP contribution in [0, 0.1) is 0 Å². The van der Waals surface area contributed by atoms with Gasteiger partial charge in [0.2, 0.25) is 5.13 Å². The first kappa shape index (κ1) is 13.2. The highest BCUT2D eigenvalue weighted by atomic mass is 32.1. The third-order valence-corrected chi connectivity index (χ3v) is 4.93. The van der Waals surface area contributed by atoms with Gasteiger partial charge in [0.25, 0.3) is 0 Å². The number of para-hydroxylation sites is 1. The average molecular weight is 327 g/mol. The molecule has 108 valence electrons. The number of carbonyl (C=O) groups is 1. The molecule has 0 aliphatic heterocycles. The predicted octanol–water partition coefficient (Wildman–Crippen LogP) is 3.91. The molecule has 5 nitrogen and oxygen atoms in total. The van der Waals surface area contributed by atoms with Crippen LogP contribution >= 0.6 is 22.7 Å². The second-order valence-corrected chi connectivity index (χ2v) is 6.36. The van der Waals surface area contributed by atoms with Gasteiger partial charge in [-0.05, 0) is 17.5 Å². The molecule has 0 aliphatic carbocycles. The van der Waals surface area contributed by atoms with Gasteiger partial charge >= 0.3 is 5.97 Å². The van der Waals surface area contributed by atoms with Gasteiger partial charge in [-0.15, -0.1) is 22.7 Å². The number of aromatic nitrogens is 3. The van der Waals surface area contributed by atoms with E-state index < -0.39 is 5.97 Å². The molecule has 7 heteroatoms. The van der Waals surface area contributed by atoms with Crippen LogP contribution in [-0.2, 0) is 0 Å². The van der Waals surface area contributed by atoms with Gasteiger partial charge in [-0.1, -0.05) is 24.3 Å². The molecule has 1 aromatic carbocycles. The third-order valence-electron chi connectivity index (χ3n) is 3.23. The van der Waals surface area contributed by atoms with E-state index in [2.05, 4.69) is 10.1 Å². The Morgan fingerprint density at radius 3 is 2.73 bits per heavy atom. The highest BCUT2D eigenvalue weighted by Gasteiger charge is 2.17. The van der Waals surface area contributed by atoms with Crippen molar-refractivity contribution in [1.82, 2.24) is 14.8 Å². The van der Waals surface area contributed by atoms with E-state index in [0.717, 1.165) is 21.5 Å². The maximum atomic E-state index is 11.0. The zero-order valence-corrected chi connectivity index (χ0v) is 12.8. The van der Waals surface area contributed by atoms with Crippen molar-refractivity contribution in [1.29, 1.82) is 0 Å². The van der Waals surface area contributed by atoms with E-state index in [1.807, 2.05) is 41.8 Å². The summed E-state index contributed by atoms with van der Waals surface area (Å²) in [5.41, 5.74) is 1.84. The lowest BCUT2D eigenvalue weighted by Crippen LogP contribution is -2.00. The van der Waals surface area contributed by atoms with Crippen LogP contribution in [0.25, 0.3) is 26.6 Å². The van der Waals surface area contributed by atoms with Crippen LogP contribution in [0.3, 0.4) is 0 Å². The van der Waals surface area contributed by atoms with E-state index >= 15 is 0 Å². The summed E-state index contributed by atoms with van der Waals surface area (Å²) in [5.74, 6) is -1.03. The molecule has 0 saturated carbocycles. The lowest BCUT2D eigenvalue weighted by molar-refractivity contribution is 0.0691. The number of carboxylic acid groups (broad SMARTS) is 1. The van der Waals surface area contributed by atoms with E-state index in [0.29, 0.717) is 5.13 Å². The van der Waals surface area contributed by atoms with E-state index in [9.17, 15) is 4.79 Å². The number of aromatic carboxylic acids is 1. The fourth-order valence-electron chi connectivity index (χ4n) is 2.27. The molecule has 0 bridgehead atoms. The standard InChI is InChI=1S/C15H9N3O2S2/c19-14(20)10-8-22-15(16-10)18-11-5-2-1-4-9(11)13(17-18)12-6-3-7-21-12/h1-8H,(H,19,20). The van der Waals surface area contributed by atoms with Crippen molar-refractivity contribution in [3.8, 4) is 15.7 Å². The molecule has 4 rings (SSSR count). The number of hydrogen-bond acceptors (Lipinski definition) is 5. The molecule has 22 heavy (non-hydrogen) atoms. The van der Waals surface area contributed by atoms with Crippen LogP contribution < -0.4 is 0 Å². The smallest absolute Gasteiger partial charge is 0.355 e. The number of hydrogen-bond donors (Lipinski definition) is 1. The number of nitrogens with zero attached hydrogens (tertiary/aromatic N) is 3. The Labute approximate surface area is 133 Å². The first-order valence-corrected chi connectivity index (χ1v) is 8.21. The molecule has 1 N–H and O–H groups in total. The van der Waals surface area contributed by atoms with Gasteiger partial charge in [-0.3, -0.25) is 0 Å². The van der Waals surface area contributed by atoms with E-state index in [-0.39, 0.29) is 5.69 Å². The summed E-state index contributed by atoms with van der Waals surface area (Å²) in [6, 6.07) is 11.9. The molecule has 4 aromatic rings. The van der Waals surface area contributed by atoms with Crippen molar-refractivity contribution in [3.63, 3.8) is 0 Å². The van der Waals surface area contributed by atoms with Gasteiger partial charge in [0.1, 0.15) is 5.69 Å². The summed E-state index contributed by atoms with van der Waals surface area (Å²) >= 11 is 2.89. The van der Waals surface area contributed by atoms with Gasteiger partial charge in [0.15, 0.2) is 5.69 Å². The summed E-state index contributed by atoms with van der Waals surface area (Å²) in [5, 5.41) is 18.8. The average Bonchev–Trinajstić information content (AvgIpc) is 3.25. The molecular weight excluding hydrogens is 318 g/mol. The molecule has 0 radical (unpaired) electrons. The zero-order chi connectivity index (χ0) is 15.1. The molecule has 0 fully saturated rings. The Hall–Kier alpha value is -2.51. The minimum Gasteiger partial charge on any atom is -0.476 e. The molecule has 0 saturated heterocycles. The van der Waals surface area contributed by atoms with Crippen molar-refractivity contribution in [2.75, 3.05) is 0 Å². The van der Waals surface area contributed by atoms with Crippen molar-refractivity contribution in [2.24, 2.45) is 0 Å². The summed E-state index contributed by atoms with van der Waals surface area (Å²) in [6.45, 7) is 0. The lowest BCUT2D eigenvalue weighted by Gasteiger charge is -1.96. The van der Waals surface area contributed by atoms with Crippen LogP contribution in [0.15, 0.2) is 47.2 Å². The van der Waals surface area contributed by atoms with Crippen molar-refractivity contribution in [3.05, 3.63) is 52.9 Å². The van der Waals surface area contributed by atoms with Crippen LogP contribution in [-0.4, -0.2) is 25.8 Å². The lowest BCUT2D eigenvalue weighted by atomic mass is 10.2. The Bertz CT molecular complexity index is 970. The third kappa shape index (κ3) is 2.02. The highest BCUT2D eigenvalue weighted by Crippen LogP contribution is 2.32. The normalized spacial score (nSPS) is 11.1. The topological polar surface area (TPSA) is 68.0 Å². The SMILES string of the molecule is O=C(O)c1csc(-n2nc(-c3cccs3)c3ccccc32)n1. The predicted molar refractivity (Wildman–Crippen MR) is 87.0 cm³/mol. The van der Waals surface area contributed by atoms with Gasteiger partial charge in [-0.2, -0.15) is 5.10 Å². The summed E-state index contributed by atoms with van der Waals surface area (Å²) in [4.78, 5) is 16.2. The highest BCUT2D eigenvalue weighted by molar-refractivity contribution is 7.13. The number of benzene rings is 1. The first-order chi connectivity index (χ1) is 10.7. The number of thiazole rings is 1. The number of carboxylic acids is 1. The molecule has 0 atom stereocenters. The van der Waals surface area contributed by atoms with Crippen molar-refractivity contribution >= 4 is 39.5 Å². The van der Waals surface area contributed by atoms with Crippen LogP contribution in [0.4, 0.5) is 0 Å². The van der Waals surface area contributed by atoms with Gasteiger partial charge in [0.05, 0.1) is 10.4 Å². The summed E-state index contributed by atoms with van der Waals surface area (Å²) in [6.07, 6.45) is 0. The molecule has 3 heterocycles. The number of fused-ring (bicyclic) bond motifs is 1. The Morgan fingerprint density at radius 2 is 2.00 bits per heavy atom. The molecule has 3 aromatic heterocycles. The second kappa shape index (κ2) is 5.04. The van der Waals surface area contributed by atoms with Crippen molar-refractivity contribution in [2.45, 2.75) is 0 Å². The summed E-state index contributed by atoms with van der Waals surface area (Å²) < 4.78 is 1.71. The quantitative estimate of drug-likeness (QED) is 0.619. The minimum atomic E-state index is -1.03. The van der Waals surface area contributed by atoms with Crippen LogP contribution in [0.2, 0.25) is 0 Å². The Morgan fingerprint density at radius 1 is 1.14 bits per heavy atom. The molecule has 0 amide bonds. The summed E-state index contributed by atoms with van der Waals surface area (Å²) in [7, 11) is 0. The first-order valence-electron chi connectivity index (χ1n) is 6.45.